The van der Waals surface area contributed by atoms with Gasteiger partial charge in [0.2, 0.25) is 0 Å². The molecule has 2 aromatic rings. The molecule has 2 aliphatic rings. The number of likely N-dealkylation sites (tertiary alicyclic amines) is 1. The highest BCUT2D eigenvalue weighted by molar-refractivity contribution is 8.00. The number of nitrogens with zero attached hydrogens (tertiary/aromatic N) is 1. The number of fused-ring (bicyclic) bond motifs is 1. The fourth-order valence-electron chi connectivity index (χ4n) is 4.40. The number of thioether (sulfide) groups is 1. The number of carbonyl (C=O) groups excluding carboxylic acids is 1. The number of alkyl carbamates (subject to hydrolysis) is 1. The second kappa shape index (κ2) is 11.1. The molecule has 1 aromatic carbocycles. The molecule has 0 radical (unpaired) electrons. The Labute approximate surface area is 227 Å². The van der Waals surface area contributed by atoms with E-state index in [1.54, 1.807) is 39.0 Å². The largest absolute Gasteiger partial charge is 0.446 e. The van der Waals surface area contributed by atoms with Gasteiger partial charge in [-0.2, -0.15) is 13.2 Å². The van der Waals surface area contributed by atoms with E-state index in [4.69, 9.17) is 9.47 Å². The Morgan fingerprint density at radius 3 is 2.66 bits per heavy atom. The van der Waals surface area contributed by atoms with E-state index in [1.165, 1.54) is 0 Å². The molecule has 0 spiro atoms. The number of hydrogen-bond acceptors (Lipinski definition) is 7. The number of benzene rings is 1. The van der Waals surface area contributed by atoms with E-state index in [0.717, 1.165) is 11.3 Å². The van der Waals surface area contributed by atoms with Crippen molar-refractivity contribution in [3.05, 3.63) is 23.1 Å². The molecular weight excluding hydrogens is 542 g/mol. The third kappa shape index (κ3) is 7.05. The second-order valence-corrected chi connectivity index (χ2v) is 12.7. The molecule has 38 heavy (non-hydrogen) atoms. The fraction of sp³-hybridized carbons (Fsp3) is 0.577. The molecule has 3 heterocycles. The molecule has 1 amide bonds. The van der Waals surface area contributed by atoms with Crippen LogP contribution in [0.1, 0.15) is 39.0 Å². The van der Waals surface area contributed by atoms with Crippen LogP contribution < -0.4 is 10.6 Å². The lowest BCUT2D eigenvalue weighted by Crippen LogP contribution is -2.64. The van der Waals surface area contributed by atoms with Crippen molar-refractivity contribution in [1.29, 1.82) is 0 Å². The molecule has 0 aliphatic carbocycles. The third-order valence-electron chi connectivity index (χ3n) is 6.28. The quantitative estimate of drug-likeness (QED) is 0.260. The van der Waals surface area contributed by atoms with Gasteiger partial charge in [0, 0.05) is 18.5 Å². The second-order valence-electron chi connectivity index (χ2n) is 10.6. The van der Waals surface area contributed by atoms with Crippen LogP contribution in [0.4, 0.5) is 28.0 Å². The Hall–Kier alpha value is -2.20. The van der Waals surface area contributed by atoms with Gasteiger partial charge in [0.1, 0.15) is 11.8 Å². The Balaban J connectivity index is 1.53. The van der Waals surface area contributed by atoms with Crippen LogP contribution in [0, 0.1) is 11.8 Å². The maximum atomic E-state index is 15.2. The minimum atomic E-state index is -4.51. The van der Waals surface area contributed by atoms with E-state index >= 15 is 4.39 Å². The van der Waals surface area contributed by atoms with Crippen molar-refractivity contribution in [2.45, 2.75) is 67.9 Å². The van der Waals surface area contributed by atoms with Gasteiger partial charge in [-0.3, -0.25) is 4.90 Å². The number of carbonyl (C=O) groups is 1. The molecule has 4 rings (SSSR count). The van der Waals surface area contributed by atoms with Crippen LogP contribution >= 0.6 is 23.1 Å². The summed E-state index contributed by atoms with van der Waals surface area (Å²) in [5, 5.41) is 6.13. The van der Waals surface area contributed by atoms with E-state index in [9.17, 15) is 18.0 Å². The zero-order chi connectivity index (χ0) is 27.7. The summed E-state index contributed by atoms with van der Waals surface area (Å²) in [4.78, 5) is 14.2. The number of thiophene rings is 1. The number of alkyl halides is 4. The zero-order valence-corrected chi connectivity index (χ0v) is 23.3. The molecule has 2 fully saturated rings. The molecule has 1 aromatic heterocycles. The number of piperidine rings is 1. The molecule has 12 heteroatoms. The van der Waals surface area contributed by atoms with Gasteiger partial charge in [-0.25, -0.2) is 9.18 Å². The standard InChI is InChI=1S/C26H31F4N3O3S2/c1-24(2,3)36-23(34)31-11-6-9-20-22(38-26(28,29)30)16-7-5-8-19(21(16)37-20)32-18-10-12-33(13-17(18)27)25(4)14-35-15-25/h5,7-8,17-18,32H,10-15H2,1-4H3,(H,31,34)/t17-,18+/m0/s1. The molecule has 6 nitrogen and oxygen atoms in total. The Morgan fingerprint density at radius 1 is 1.32 bits per heavy atom. The lowest BCUT2D eigenvalue weighted by molar-refractivity contribution is -0.142. The highest BCUT2D eigenvalue weighted by atomic mass is 32.2. The van der Waals surface area contributed by atoms with Crippen molar-refractivity contribution < 1.29 is 31.8 Å². The van der Waals surface area contributed by atoms with Crippen LogP contribution in [-0.2, 0) is 9.47 Å². The van der Waals surface area contributed by atoms with Crippen LogP contribution in [-0.4, -0.2) is 72.7 Å². The van der Waals surface area contributed by atoms with Gasteiger partial charge >= 0.3 is 11.6 Å². The number of amides is 1. The summed E-state index contributed by atoms with van der Waals surface area (Å²) in [6.45, 7) is 9.29. The van der Waals surface area contributed by atoms with Crippen molar-refractivity contribution in [3.8, 4) is 11.8 Å². The predicted octanol–water partition coefficient (Wildman–Crippen LogP) is 6.00. The fourth-order valence-corrected chi connectivity index (χ4v) is 6.42. The Morgan fingerprint density at radius 2 is 2.05 bits per heavy atom. The van der Waals surface area contributed by atoms with Crippen molar-refractivity contribution >= 4 is 45.0 Å². The highest BCUT2D eigenvalue weighted by Gasteiger charge is 2.43. The molecule has 208 valence electrons. The highest BCUT2D eigenvalue weighted by Crippen LogP contribution is 2.47. The van der Waals surface area contributed by atoms with Gasteiger partial charge in [-0.05, 0) is 51.9 Å². The van der Waals surface area contributed by atoms with E-state index in [0.29, 0.717) is 42.0 Å². The summed E-state index contributed by atoms with van der Waals surface area (Å²) in [6.07, 6.45) is -1.24. The van der Waals surface area contributed by atoms with Crippen LogP contribution in [0.5, 0.6) is 0 Å². The Bertz CT molecular complexity index is 1230. The predicted molar refractivity (Wildman–Crippen MR) is 143 cm³/mol. The number of anilines is 1. The van der Waals surface area contributed by atoms with Crippen molar-refractivity contribution in [3.63, 3.8) is 0 Å². The van der Waals surface area contributed by atoms with Gasteiger partial charge in [0.15, 0.2) is 0 Å². The van der Waals surface area contributed by atoms with Crippen LogP contribution in [0.2, 0.25) is 0 Å². The van der Waals surface area contributed by atoms with Gasteiger partial charge < -0.3 is 20.1 Å². The van der Waals surface area contributed by atoms with E-state index in [2.05, 4.69) is 34.3 Å². The summed E-state index contributed by atoms with van der Waals surface area (Å²) in [5.74, 6) is 5.49. The molecule has 2 N–H and O–H groups in total. The number of rotatable bonds is 5. The van der Waals surface area contributed by atoms with Gasteiger partial charge in [-0.1, -0.05) is 24.0 Å². The number of halogens is 4. The molecule has 0 saturated carbocycles. The summed E-state index contributed by atoms with van der Waals surface area (Å²) in [5.41, 5.74) is -4.75. The summed E-state index contributed by atoms with van der Waals surface area (Å²) in [7, 11) is 0. The lowest BCUT2D eigenvalue weighted by atomic mass is 9.92. The lowest BCUT2D eigenvalue weighted by Gasteiger charge is -2.50. The summed E-state index contributed by atoms with van der Waals surface area (Å²) < 4.78 is 66.5. The Kier molecular flexibility index (Phi) is 8.43. The molecule has 2 atom stereocenters. The van der Waals surface area contributed by atoms with Gasteiger partial charge in [0.05, 0.1) is 51.5 Å². The van der Waals surface area contributed by atoms with Crippen molar-refractivity contribution in [1.82, 2.24) is 10.2 Å². The minimum Gasteiger partial charge on any atom is -0.444 e. The average Bonchev–Trinajstić information content (AvgIpc) is 3.12. The molecule has 2 aliphatic heterocycles. The minimum absolute atomic E-state index is 0.00422. The monoisotopic (exact) mass is 573 g/mol. The van der Waals surface area contributed by atoms with Crippen LogP contribution in [0.15, 0.2) is 23.1 Å². The SMILES string of the molecule is CC(C)(C)OC(=O)NCC#Cc1sc2c(N[C@@H]3CCN(C4(C)COC4)C[C@@H]3F)cccc2c1SC(F)(F)F. The average molecular weight is 574 g/mol. The topological polar surface area (TPSA) is 62.8 Å². The first-order valence-corrected chi connectivity index (χ1v) is 13.9. The van der Waals surface area contributed by atoms with Gasteiger partial charge in [0.25, 0.3) is 0 Å². The van der Waals surface area contributed by atoms with Crippen molar-refractivity contribution in [2.24, 2.45) is 0 Å². The van der Waals surface area contributed by atoms with Crippen molar-refractivity contribution in [2.75, 3.05) is 38.2 Å². The number of nitrogens with one attached hydrogen (secondary N) is 2. The number of hydrogen-bond donors (Lipinski definition) is 2. The smallest absolute Gasteiger partial charge is 0.444 e. The third-order valence-corrected chi connectivity index (χ3v) is 8.42. The first-order valence-electron chi connectivity index (χ1n) is 12.2. The van der Waals surface area contributed by atoms with E-state index in [-0.39, 0.29) is 40.2 Å². The molecular formula is C26H31F4N3O3S2. The normalized spacial score (nSPS) is 21.8. The van der Waals surface area contributed by atoms with Crippen LogP contribution in [0.3, 0.4) is 0 Å². The van der Waals surface area contributed by atoms with Gasteiger partial charge in [-0.15, -0.1) is 11.3 Å². The van der Waals surface area contributed by atoms with E-state index in [1.807, 2.05) is 0 Å². The van der Waals surface area contributed by atoms with E-state index < -0.39 is 29.4 Å². The molecule has 0 bridgehead atoms. The number of ether oxygens (including phenoxy) is 2. The van der Waals surface area contributed by atoms with Crippen LogP contribution in [0.25, 0.3) is 10.1 Å². The molecule has 0 unspecified atom stereocenters. The maximum absolute atomic E-state index is 15.2. The first-order chi connectivity index (χ1) is 17.7. The maximum Gasteiger partial charge on any atom is 0.446 e. The first kappa shape index (κ1) is 28.8. The summed E-state index contributed by atoms with van der Waals surface area (Å²) >= 11 is 0.896. The molecule has 2 saturated heterocycles. The zero-order valence-electron chi connectivity index (χ0n) is 21.6. The summed E-state index contributed by atoms with van der Waals surface area (Å²) in [6, 6.07) is 4.56.